The SMILES string of the molecule is COC(=O)c1nn(-c2ccc(Cl)c(Cl)c2)c(C(C)C)c1Cl. The Morgan fingerprint density at radius 2 is 1.90 bits per heavy atom. The molecule has 0 radical (unpaired) electrons. The predicted molar refractivity (Wildman–Crippen MR) is 84.0 cm³/mol. The molecule has 0 bridgehead atoms. The average molecular weight is 348 g/mol. The van der Waals surface area contributed by atoms with Crippen LogP contribution < -0.4 is 0 Å². The largest absolute Gasteiger partial charge is 0.464 e. The summed E-state index contributed by atoms with van der Waals surface area (Å²) in [7, 11) is 1.28. The zero-order valence-corrected chi connectivity index (χ0v) is 13.9. The number of carbonyl (C=O) groups is 1. The molecule has 1 aromatic carbocycles. The zero-order chi connectivity index (χ0) is 15.7. The van der Waals surface area contributed by atoms with Crippen LogP contribution in [-0.2, 0) is 4.74 Å². The van der Waals surface area contributed by atoms with Crippen LogP contribution in [0.15, 0.2) is 18.2 Å². The molecule has 0 aliphatic carbocycles. The van der Waals surface area contributed by atoms with E-state index in [1.165, 1.54) is 7.11 Å². The van der Waals surface area contributed by atoms with Crippen molar-refractivity contribution in [1.82, 2.24) is 9.78 Å². The number of rotatable bonds is 3. The van der Waals surface area contributed by atoms with Crippen molar-refractivity contribution in [2.45, 2.75) is 19.8 Å². The quantitative estimate of drug-likeness (QED) is 0.753. The van der Waals surface area contributed by atoms with Gasteiger partial charge in [-0.1, -0.05) is 48.7 Å². The maximum Gasteiger partial charge on any atom is 0.360 e. The van der Waals surface area contributed by atoms with Crippen LogP contribution >= 0.6 is 34.8 Å². The van der Waals surface area contributed by atoms with Gasteiger partial charge >= 0.3 is 5.97 Å². The lowest BCUT2D eigenvalue weighted by Crippen LogP contribution is -2.06. The molecular formula is C14H13Cl3N2O2. The van der Waals surface area contributed by atoms with Crippen LogP contribution in [0.5, 0.6) is 0 Å². The lowest BCUT2D eigenvalue weighted by Gasteiger charge is -2.11. The summed E-state index contributed by atoms with van der Waals surface area (Å²) in [5, 5.41) is 5.37. The molecule has 0 amide bonds. The van der Waals surface area contributed by atoms with Crippen LogP contribution in [0.2, 0.25) is 15.1 Å². The highest BCUT2D eigenvalue weighted by Gasteiger charge is 2.25. The Bertz CT molecular complexity index is 696. The third-order valence-corrected chi connectivity index (χ3v) is 4.05. The van der Waals surface area contributed by atoms with Crippen molar-refractivity contribution in [3.63, 3.8) is 0 Å². The molecule has 0 unspecified atom stereocenters. The van der Waals surface area contributed by atoms with Crippen LogP contribution in [0.4, 0.5) is 0 Å². The van der Waals surface area contributed by atoms with Gasteiger partial charge in [0.15, 0.2) is 5.69 Å². The lowest BCUT2D eigenvalue weighted by atomic mass is 10.1. The van der Waals surface area contributed by atoms with Crippen LogP contribution in [0.1, 0.15) is 35.9 Å². The molecule has 7 heteroatoms. The molecular weight excluding hydrogens is 335 g/mol. The van der Waals surface area contributed by atoms with Crippen molar-refractivity contribution in [2.75, 3.05) is 7.11 Å². The molecule has 0 N–H and O–H groups in total. The highest BCUT2D eigenvalue weighted by Crippen LogP contribution is 2.32. The van der Waals surface area contributed by atoms with Gasteiger partial charge in [-0.25, -0.2) is 9.48 Å². The molecule has 0 saturated heterocycles. The number of halogens is 3. The van der Waals surface area contributed by atoms with Gasteiger partial charge in [0.25, 0.3) is 0 Å². The third-order valence-electron chi connectivity index (χ3n) is 2.93. The molecule has 0 atom stereocenters. The number of ether oxygens (including phenoxy) is 1. The molecule has 0 spiro atoms. The fraction of sp³-hybridized carbons (Fsp3) is 0.286. The Hall–Kier alpha value is -1.23. The molecule has 0 aliphatic heterocycles. The number of hydrogen-bond donors (Lipinski definition) is 0. The van der Waals surface area contributed by atoms with E-state index < -0.39 is 5.97 Å². The molecule has 0 aliphatic rings. The van der Waals surface area contributed by atoms with Gasteiger partial charge in [0.1, 0.15) is 0 Å². The summed E-state index contributed by atoms with van der Waals surface area (Å²) in [6.07, 6.45) is 0. The van der Waals surface area contributed by atoms with Crippen molar-refractivity contribution in [1.29, 1.82) is 0 Å². The van der Waals surface area contributed by atoms with Gasteiger partial charge in [0, 0.05) is 0 Å². The van der Waals surface area contributed by atoms with Gasteiger partial charge in [-0.15, -0.1) is 0 Å². The highest BCUT2D eigenvalue weighted by atomic mass is 35.5. The number of benzene rings is 1. The number of carbonyl (C=O) groups excluding carboxylic acids is 1. The fourth-order valence-corrected chi connectivity index (χ4v) is 2.66. The minimum absolute atomic E-state index is 0.0536. The van der Waals surface area contributed by atoms with Crippen LogP contribution in [0.3, 0.4) is 0 Å². The van der Waals surface area contributed by atoms with Crippen molar-refractivity contribution in [2.24, 2.45) is 0 Å². The molecule has 0 saturated carbocycles. The maximum absolute atomic E-state index is 11.7. The molecule has 0 fully saturated rings. The summed E-state index contributed by atoms with van der Waals surface area (Å²) in [6.45, 7) is 3.91. The van der Waals surface area contributed by atoms with Gasteiger partial charge < -0.3 is 4.74 Å². The molecule has 21 heavy (non-hydrogen) atoms. The Labute approximate surface area is 137 Å². The maximum atomic E-state index is 11.7. The van der Waals surface area contributed by atoms with Crippen LogP contribution in [0.25, 0.3) is 5.69 Å². The van der Waals surface area contributed by atoms with E-state index >= 15 is 0 Å². The van der Waals surface area contributed by atoms with E-state index in [1.54, 1.807) is 22.9 Å². The van der Waals surface area contributed by atoms with Gasteiger partial charge in [-0.05, 0) is 24.1 Å². The summed E-state index contributed by atoms with van der Waals surface area (Å²) in [5.74, 6) is -0.529. The van der Waals surface area contributed by atoms with E-state index in [-0.39, 0.29) is 16.6 Å². The number of esters is 1. The molecule has 4 nitrogen and oxygen atoms in total. The second-order valence-corrected chi connectivity index (χ2v) is 5.90. The fourth-order valence-electron chi connectivity index (χ4n) is 1.95. The van der Waals surface area contributed by atoms with Gasteiger partial charge in [0.2, 0.25) is 0 Å². The molecule has 112 valence electrons. The Morgan fingerprint density at radius 1 is 1.24 bits per heavy atom. The first-order valence-electron chi connectivity index (χ1n) is 6.19. The molecule has 2 aromatic rings. The van der Waals surface area contributed by atoms with E-state index in [2.05, 4.69) is 5.10 Å². The third kappa shape index (κ3) is 3.03. The van der Waals surface area contributed by atoms with Crippen molar-refractivity contribution in [3.8, 4) is 5.69 Å². The Balaban J connectivity index is 2.67. The topological polar surface area (TPSA) is 44.1 Å². The first-order valence-corrected chi connectivity index (χ1v) is 7.32. The van der Waals surface area contributed by atoms with Crippen LogP contribution in [0, 0.1) is 0 Å². The summed E-state index contributed by atoms with van der Waals surface area (Å²) in [5.41, 5.74) is 1.45. The predicted octanol–water partition coefficient (Wildman–Crippen LogP) is 4.74. The second kappa shape index (κ2) is 6.26. The van der Waals surface area contributed by atoms with E-state index in [9.17, 15) is 4.79 Å². The van der Waals surface area contributed by atoms with Crippen LogP contribution in [-0.4, -0.2) is 22.9 Å². The normalized spacial score (nSPS) is 11.0. The number of hydrogen-bond acceptors (Lipinski definition) is 3. The first-order chi connectivity index (χ1) is 9.86. The summed E-state index contributed by atoms with van der Waals surface area (Å²) in [4.78, 5) is 11.7. The smallest absolute Gasteiger partial charge is 0.360 e. The Kier molecular flexibility index (Phi) is 4.81. The van der Waals surface area contributed by atoms with Crippen molar-refractivity contribution in [3.05, 3.63) is 44.7 Å². The highest BCUT2D eigenvalue weighted by molar-refractivity contribution is 6.42. The van der Waals surface area contributed by atoms with Gasteiger partial charge in [-0.2, -0.15) is 5.10 Å². The number of aromatic nitrogens is 2. The summed E-state index contributed by atoms with van der Waals surface area (Å²) >= 11 is 18.2. The van der Waals surface area contributed by atoms with Crippen molar-refractivity contribution < 1.29 is 9.53 Å². The standard InChI is InChI=1S/C14H13Cl3N2O2/c1-7(2)13-11(17)12(14(20)21-3)18-19(13)8-4-5-9(15)10(16)6-8/h4-7H,1-3H3. The summed E-state index contributed by atoms with van der Waals surface area (Å²) in [6, 6.07) is 5.08. The first kappa shape index (κ1) is 16.1. The van der Waals surface area contributed by atoms with E-state index in [0.717, 1.165) is 0 Å². The monoisotopic (exact) mass is 346 g/mol. The van der Waals surface area contributed by atoms with Gasteiger partial charge in [0.05, 0.1) is 33.6 Å². The molecule has 2 rings (SSSR count). The number of methoxy groups -OCH3 is 1. The Morgan fingerprint density at radius 3 is 2.43 bits per heavy atom. The lowest BCUT2D eigenvalue weighted by molar-refractivity contribution is 0.0593. The summed E-state index contributed by atoms with van der Waals surface area (Å²) < 4.78 is 6.28. The minimum Gasteiger partial charge on any atom is -0.464 e. The number of nitrogens with zero attached hydrogens (tertiary/aromatic N) is 2. The molecule has 1 aromatic heterocycles. The van der Waals surface area contributed by atoms with E-state index in [1.807, 2.05) is 13.8 Å². The van der Waals surface area contributed by atoms with E-state index in [4.69, 9.17) is 39.5 Å². The average Bonchev–Trinajstić information content (AvgIpc) is 2.78. The minimum atomic E-state index is -0.583. The van der Waals surface area contributed by atoms with Crippen molar-refractivity contribution >= 4 is 40.8 Å². The zero-order valence-electron chi connectivity index (χ0n) is 11.7. The molecule has 1 heterocycles. The van der Waals surface area contributed by atoms with E-state index in [0.29, 0.717) is 21.4 Å². The second-order valence-electron chi connectivity index (χ2n) is 4.70. The van der Waals surface area contributed by atoms with Gasteiger partial charge in [-0.3, -0.25) is 0 Å².